The minimum atomic E-state index is 0.325. The molecule has 1 amide bonds. The van der Waals surface area contributed by atoms with E-state index >= 15 is 0 Å². The number of carbonyl (C=O) groups is 1. The molecule has 2 aromatic carbocycles. The van der Waals surface area contributed by atoms with E-state index in [0.29, 0.717) is 25.0 Å². The van der Waals surface area contributed by atoms with Gasteiger partial charge in [-0.2, -0.15) is 0 Å². The Morgan fingerprint density at radius 2 is 1.91 bits per heavy atom. The van der Waals surface area contributed by atoms with E-state index in [4.69, 9.17) is 4.74 Å². The molecule has 3 heterocycles. The van der Waals surface area contributed by atoms with Gasteiger partial charge in [-0.05, 0) is 85.9 Å². The number of piperidine rings is 1. The highest BCUT2D eigenvalue weighted by Gasteiger charge is 2.35. The van der Waals surface area contributed by atoms with Gasteiger partial charge in [0.05, 0.1) is 17.6 Å². The van der Waals surface area contributed by atoms with Crippen molar-refractivity contribution in [1.82, 2.24) is 14.9 Å². The van der Waals surface area contributed by atoms with Crippen LogP contribution in [0, 0.1) is 12.8 Å². The van der Waals surface area contributed by atoms with Crippen molar-refractivity contribution in [3.63, 3.8) is 0 Å². The maximum absolute atomic E-state index is 13.3. The first-order chi connectivity index (χ1) is 17.1. The molecule has 5 heteroatoms. The molecular formula is C30H35N3O2. The van der Waals surface area contributed by atoms with Gasteiger partial charge < -0.3 is 14.6 Å². The topological polar surface area (TPSA) is 58.2 Å². The van der Waals surface area contributed by atoms with Gasteiger partial charge in [0.2, 0.25) is 5.91 Å². The van der Waals surface area contributed by atoms with Gasteiger partial charge in [0, 0.05) is 25.4 Å². The van der Waals surface area contributed by atoms with Crippen molar-refractivity contribution in [3.05, 3.63) is 59.4 Å². The highest BCUT2D eigenvalue weighted by Crippen LogP contribution is 2.36. The summed E-state index contributed by atoms with van der Waals surface area (Å²) >= 11 is 0. The molecule has 0 bridgehead atoms. The van der Waals surface area contributed by atoms with Crippen molar-refractivity contribution in [1.29, 1.82) is 0 Å². The number of aryl methyl sites for hydroxylation is 1. The molecule has 0 spiro atoms. The summed E-state index contributed by atoms with van der Waals surface area (Å²) in [6, 6.07) is 13.3. The van der Waals surface area contributed by atoms with Crippen molar-refractivity contribution in [2.24, 2.45) is 5.92 Å². The second kappa shape index (κ2) is 9.52. The fraction of sp³-hybridized carbons (Fsp3) is 0.467. The second-order valence-electron chi connectivity index (χ2n) is 10.6. The molecule has 3 aliphatic rings. The Bertz CT molecular complexity index is 1270. The maximum atomic E-state index is 13.3. The number of H-pyrrole nitrogens is 1. The Labute approximate surface area is 207 Å². The molecule has 3 aromatic rings. The van der Waals surface area contributed by atoms with Gasteiger partial charge in [-0.15, -0.1) is 0 Å². The number of hydrogen-bond acceptors (Lipinski definition) is 3. The lowest BCUT2D eigenvalue weighted by molar-refractivity contribution is -0.136. The minimum Gasteiger partial charge on any atom is -0.493 e. The lowest BCUT2D eigenvalue weighted by atomic mass is 9.78. The number of hydrogen-bond donors (Lipinski definition) is 1. The molecule has 1 saturated heterocycles. The van der Waals surface area contributed by atoms with Gasteiger partial charge in [-0.3, -0.25) is 4.79 Å². The summed E-state index contributed by atoms with van der Waals surface area (Å²) in [7, 11) is 0. The predicted molar refractivity (Wildman–Crippen MR) is 139 cm³/mol. The van der Waals surface area contributed by atoms with Crippen LogP contribution in [0.4, 0.5) is 0 Å². The largest absolute Gasteiger partial charge is 0.493 e. The van der Waals surface area contributed by atoms with Crippen LogP contribution >= 0.6 is 0 Å². The second-order valence-corrected chi connectivity index (χ2v) is 10.6. The average Bonchev–Trinajstić information content (AvgIpc) is 3.25. The molecule has 2 unspecified atom stereocenters. The number of ether oxygens (including phenoxy) is 1. The molecule has 1 aliphatic carbocycles. The first-order valence-electron chi connectivity index (χ1n) is 13.3. The molecule has 1 saturated carbocycles. The molecule has 2 atom stereocenters. The Kier molecular flexibility index (Phi) is 6.09. The molecule has 1 N–H and O–H groups in total. The van der Waals surface area contributed by atoms with Crippen LogP contribution in [0.2, 0.25) is 0 Å². The molecule has 1 aromatic heterocycles. The van der Waals surface area contributed by atoms with Crippen LogP contribution < -0.4 is 4.74 Å². The number of rotatable bonds is 3. The Morgan fingerprint density at radius 1 is 1.09 bits per heavy atom. The summed E-state index contributed by atoms with van der Waals surface area (Å²) in [6.07, 6.45) is 12.0. The van der Waals surface area contributed by atoms with Crippen LogP contribution in [0.1, 0.15) is 62.8 Å². The number of nitrogens with zero attached hydrogens (tertiary/aromatic N) is 2. The van der Waals surface area contributed by atoms with Crippen molar-refractivity contribution in [2.75, 3.05) is 13.2 Å². The van der Waals surface area contributed by atoms with E-state index in [0.717, 1.165) is 59.9 Å². The Morgan fingerprint density at radius 3 is 2.86 bits per heavy atom. The zero-order valence-corrected chi connectivity index (χ0v) is 20.7. The number of fused-ring (bicyclic) bond motifs is 3. The number of likely N-dealkylation sites (tertiary alicyclic amines) is 1. The highest BCUT2D eigenvalue weighted by atomic mass is 16.5. The molecule has 35 heavy (non-hydrogen) atoms. The van der Waals surface area contributed by atoms with Gasteiger partial charge in [-0.1, -0.05) is 36.6 Å². The predicted octanol–water partition coefficient (Wildman–Crippen LogP) is 6.36. The first-order valence-corrected chi connectivity index (χ1v) is 13.3. The molecule has 182 valence electrons. The van der Waals surface area contributed by atoms with Crippen LogP contribution in [0.5, 0.6) is 5.75 Å². The summed E-state index contributed by atoms with van der Waals surface area (Å²) in [5, 5.41) is 0. The van der Waals surface area contributed by atoms with Gasteiger partial charge in [-0.25, -0.2) is 4.98 Å². The van der Waals surface area contributed by atoms with Crippen LogP contribution in [0.3, 0.4) is 0 Å². The van der Waals surface area contributed by atoms with E-state index in [-0.39, 0.29) is 0 Å². The molecular weight excluding hydrogens is 434 g/mol. The van der Waals surface area contributed by atoms with E-state index in [1.54, 1.807) is 0 Å². The number of aromatic amines is 1. The van der Waals surface area contributed by atoms with E-state index in [9.17, 15) is 4.79 Å². The van der Waals surface area contributed by atoms with E-state index in [1.165, 1.54) is 48.8 Å². The zero-order valence-electron chi connectivity index (χ0n) is 20.7. The van der Waals surface area contributed by atoms with Crippen LogP contribution in [0.25, 0.3) is 22.2 Å². The normalized spacial score (nSPS) is 23.9. The lowest BCUT2D eigenvalue weighted by Gasteiger charge is -2.44. The maximum Gasteiger partial charge on any atom is 0.226 e. The zero-order chi connectivity index (χ0) is 23.8. The van der Waals surface area contributed by atoms with Crippen LogP contribution in [-0.2, 0) is 11.2 Å². The van der Waals surface area contributed by atoms with Crippen molar-refractivity contribution in [2.45, 2.75) is 70.8 Å². The first kappa shape index (κ1) is 22.4. The quantitative estimate of drug-likeness (QED) is 0.454. The average molecular weight is 470 g/mol. The molecule has 2 aliphatic heterocycles. The summed E-state index contributed by atoms with van der Waals surface area (Å²) in [6.45, 7) is 3.54. The van der Waals surface area contributed by atoms with Crippen molar-refractivity contribution in [3.8, 4) is 16.9 Å². The standard InChI is InChI=1S/C30H35N3O2/c1-20-31-26-12-10-24(19-27(26)32-20)23-11-13-29-25(18-23)9-8-21(14-16-35-29)17-30(34)33-15-4-6-22-5-2-3-7-28(22)33/h8,10-13,18-19,22,28H,2-7,9,14-17H2,1H3,(H,31,32)/b21-8+. The number of benzene rings is 2. The Hall–Kier alpha value is -3.08. The number of carbonyl (C=O) groups excluding carboxylic acids is 1. The molecule has 6 rings (SSSR count). The van der Waals surface area contributed by atoms with Crippen molar-refractivity contribution < 1.29 is 9.53 Å². The highest BCUT2D eigenvalue weighted by molar-refractivity contribution is 5.82. The molecule has 5 nitrogen and oxygen atoms in total. The number of aromatic nitrogens is 2. The third-order valence-corrected chi connectivity index (χ3v) is 8.23. The van der Waals surface area contributed by atoms with E-state index in [1.807, 2.05) is 6.92 Å². The summed E-state index contributed by atoms with van der Waals surface area (Å²) in [4.78, 5) is 23.4. The van der Waals surface area contributed by atoms with Gasteiger partial charge in [0.25, 0.3) is 0 Å². The summed E-state index contributed by atoms with van der Waals surface area (Å²) in [5.41, 5.74) is 6.78. The minimum absolute atomic E-state index is 0.325. The van der Waals surface area contributed by atoms with E-state index < -0.39 is 0 Å². The van der Waals surface area contributed by atoms with Crippen LogP contribution in [-0.4, -0.2) is 40.0 Å². The van der Waals surface area contributed by atoms with Gasteiger partial charge in [0.1, 0.15) is 11.6 Å². The third kappa shape index (κ3) is 4.61. The SMILES string of the molecule is Cc1nc2ccc(-c3ccc4c(c3)C/C=C(/CC(=O)N3CCCC5CCCCC53)CCO4)cc2[nH]1. The van der Waals surface area contributed by atoms with E-state index in [2.05, 4.69) is 57.3 Å². The lowest BCUT2D eigenvalue weighted by Crippen LogP contribution is -2.49. The van der Waals surface area contributed by atoms with Gasteiger partial charge in [0.15, 0.2) is 0 Å². The third-order valence-electron chi connectivity index (χ3n) is 8.23. The summed E-state index contributed by atoms with van der Waals surface area (Å²) in [5.74, 6) is 2.94. The van der Waals surface area contributed by atoms with Crippen molar-refractivity contribution >= 4 is 16.9 Å². The Balaban J connectivity index is 1.19. The monoisotopic (exact) mass is 469 g/mol. The number of imidazole rings is 1. The van der Waals surface area contributed by atoms with Crippen LogP contribution in [0.15, 0.2) is 48.0 Å². The molecule has 2 fully saturated rings. The fourth-order valence-electron chi connectivity index (χ4n) is 6.42. The number of nitrogens with one attached hydrogen (secondary N) is 1. The smallest absolute Gasteiger partial charge is 0.226 e. The number of allylic oxidation sites excluding steroid dienone is 1. The summed E-state index contributed by atoms with van der Waals surface area (Å²) < 4.78 is 6.15. The number of amides is 1. The fourth-order valence-corrected chi connectivity index (χ4v) is 6.42. The van der Waals surface area contributed by atoms with Gasteiger partial charge >= 0.3 is 0 Å². The molecule has 0 radical (unpaired) electrons.